The summed E-state index contributed by atoms with van der Waals surface area (Å²) in [5, 5.41) is 1.14. The van der Waals surface area contributed by atoms with E-state index in [1.54, 1.807) is 4.90 Å². The number of hydrogen-bond acceptors (Lipinski definition) is 1. The Hall–Kier alpha value is -2.69. The smallest absolute Gasteiger partial charge is 0.220 e. The molecular formula is C21H18F2N2O. The molecule has 1 N–H and O–H groups in total. The molecule has 3 aromatic rings. The first-order valence-electron chi connectivity index (χ1n) is 8.83. The molecule has 132 valence electrons. The minimum absolute atomic E-state index is 0.0387. The Kier molecular flexibility index (Phi) is 3.09. The first-order valence-corrected chi connectivity index (χ1v) is 8.83. The molecule has 1 spiro atoms. The number of carbonyl (C=O) groups excluding carboxylic acids is 1. The number of aromatic nitrogens is 1. The molecule has 26 heavy (non-hydrogen) atoms. The maximum absolute atomic E-state index is 13.9. The minimum Gasteiger partial charge on any atom is -0.356 e. The van der Waals surface area contributed by atoms with E-state index in [1.165, 1.54) is 24.6 Å². The summed E-state index contributed by atoms with van der Waals surface area (Å²) in [6.07, 6.45) is 2.05. The zero-order valence-electron chi connectivity index (χ0n) is 14.4. The van der Waals surface area contributed by atoms with Gasteiger partial charge in [-0.15, -0.1) is 0 Å². The number of amides is 1. The summed E-state index contributed by atoms with van der Waals surface area (Å²) in [6, 6.07) is 11.0. The molecule has 0 bridgehead atoms. The van der Waals surface area contributed by atoms with E-state index in [2.05, 4.69) is 11.1 Å². The molecule has 0 saturated heterocycles. The maximum atomic E-state index is 13.9. The highest BCUT2D eigenvalue weighted by Gasteiger charge is 2.54. The van der Waals surface area contributed by atoms with Crippen molar-refractivity contribution in [2.45, 2.75) is 31.2 Å². The second-order valence-corrected chi connectivity index (χ2v) is 7.49. The molecule has 5 rings (SSSR count). The summed E-state index contributed by atoms with van der Waals surface area (Å²) >= 11 is 0. The number of benzene rings is 2. The van der Waals surface area contributed by atoms with E-state index in [0.717, 1.165) is 35.5 Å². The Bertz CT molecular complexity index is 1030. The number of nitrogens with zero attached hydrogens (tertiary/aromatic N) is 1. The van der Waals surface area contributed by atoms with Crippen molar-refractivity contribution in [2.75, 3.05) is 6.54 Å². The summed E-state index contributed by atoms with van der Waals surface area (Å²) in [5.41, 5.74) is 3.51. The first kappa shape index (κ1) is 15.6. The molecule has 0 radical (unpaired) electrons. The summed E-state index contributed by atoms with van der Waals surface area (Å²) in [5.74, 6) is -1.35. The number of rotatable bonds is 1. The lowest BCUT2D eigenvalue weighted by Crippen LogP contribution is -2.44. The molecule has 1 unspecified atom stereocenters. The van der Waals surface area contributed by atoms with Crippen molar-refractivity contribution in [3.05, 3.63) is 70.9 Å². The topological polar surface area (TPSA) is 36.1 Å². The molecule has 1 amide bonds. The molecule has 1 aliphatic heterocycles. The van der Waals surface area contributed by atoms with Crippen LogP contribution in [0.1, 0.15) is 42.6 Å². The number of carbonyl (C=O) groups is 1. The van der Waals surface area contributed by atoms with E-state index in [0.29, 0.717) is 12.1 Å². The fourth-order valence-corrected chi connectivity index (χ4v) is 4.52. The van der Waals surface area contributed by atoms with Crippen LogP contribution in [0.25, 0.3) is 10.9 Å². The maximum Gasteiger partial charge on any atom is 0.220 e. The van der Waals surface area contributed by atoms with Gasteiger partial charge in [-0.3, -0.25) is 4.79 Å². The SMILES string of the molecule is CC(=O)N1CC2(CC2)c2c([nH]c3ccccc23)C1c1cc(F)cc(F)c1. The quantitative estimate of drug-likeness (QED) is 0.691. The summed E-state index contributed by atoms with van der Waals surface area (Å²) in [7, 11) is 0. The van der Waals surface area contributed by atoms with Crippen LogP contribution in [0.3, 0.4) is 0 Å². The largest absolute Gasteiger partial charge is 0.356 e. The number of H-pyrrole nitrogens is 1. The number of hydrogen-bond donors (Lipinski definition) is 1. The molecule has 2 heterocycles. The third-order valence-electron chi connectivity index (χ3n) is 5.78. The van der Waals surface area contributed by atoms with Gasteiger partial charge in [0.2, 0.25) is 5.91 Å². The van der Waals surface area contributed by atoms with Crippen LogP contribution in [0.2, 0.25) is 0 Å². The molecule has 1 saturated carbocycles. The second kappa shape index (κ2) is 5.16. The van der Waals surface area contributed by atoms with E-state index < -0.39 is 17.7 Å². The van der Waals surface area contributed by atoms with Gasteiger partial charge in [0.05, 0.1) is 6.04 Å². The van der Waals surface area contributed by atoms with Crippen LogP contribution in [-0.4, -0.2) is 22.3 Å². The molecule has 3 nitrogen and oxygen atoms in total. The first-order chi connectivity index (χ1) is 12.5. The van der Waals surface area contributed by atoms with Gasteiger partial charge in [0, 0.05) is 41.5 Å². The van der Waals surface area contributed by atoms with Gasteiger partial charge in [0.1, 0.15) is 11.6 Å². The van der Waals surface area contributed by atoms with Crippen LogP contribution in [-0.2, 0) is 10.2 Å². The average Bonchev–Trinajstić information content (AvgIpc) is 3.23. The molecule has 1 aliphatic carbocycles. The summed E-state index contributed by atoms with van der Waals surface area (Å²) < 4.78 is 27.8. The van der Waals surface area contributed by atoms with Crippen molar-refractivity contribution >= 4 is 16.8 Å². The highest BCUT2D eigenvalue weighted by molar-refractivity contribution is 5.88. The third kappa shape index (κ3) is 2.13. The Labute approximate surface area is 149 Å². The predicted molar refractivity (Wildman–Crippen MR) is 94.8 cm³/mol. The number of aromatic amines is 1. The number of nitrogens with one attached hydrogen (secondary N) is 1. The van der Waals surface area contributed by atoms with Gasteiger partial charge in [-0.05, 0) is 42.2 Å². The third-order valence-corrected chi connectivity index (χ3v) is 5.78. The van der Waals surface area contributed by atoms with Crippen molar-refractivity contribution in [1.82, 2.24) is 9.88 Å². The highest BCUT2D eigenvalue weighted by atomic mass is 19.1. The Morgan fingerprint density at radius 2 is 1.85 bits per heavy atom. The molecule has 5 heteroatoms. The molecular weight excluding hydrogens is 334 g/mol. The van der Waals surface area contributed by atoms with Crippen molar-refractivity contribution in [3.8, 4) is 0 Å². The fraction of sp³-hybridized carbons (Fsp3) is 0.286. The van der Waals surface area contributed by atoms with Crippen molar-refractivity contribution in [3.63, 3.8) is 0 Å². The molecule has 1 fully saturated rings. The van der Waals surface area contributed by atoms with Gasteiger partial charge >= 0.3 is 0 Å². The van der Waals surface area contributed by atoms with Gasteiger partial charge in [0.15, 0.2) is 0 Å². The summed E-state index contributed by atoms with van der Waals surface area (Å²) in [4.78, 5) is 17.6. The van der Waals surface area contributed by atoms with Crippen LogP contribution in [0.5, 0.6) is 0 Å². The average molecular weight is 352 g/mol. The van der Waals surface area contributed by atoms with Gasteiger partial charge in [-0.2, -0.15) is 0 Å². The Balaban J connectivity index is 1.80. The minimum atomic E-state index is -0.632. The van der Waals surface area contributed by atoms with E-state index in [1.807, 2.05) is 18.2 Å². The van der Waals surface area contributed by atoms with E-state index in [-0.39, 0.29) is 11.3 Å². The van der Waals surface area contributed by atoms with Gasteiger partial charge < -0.3 is 9.88 Å². The highest BCUT2D eigenvalue weighted by Crippen LogP contribution is 2.57. The molecule has 1 atom stereocenters. The van der Waals surface area contributed by atoms with Gasteiger partial charge in [-0.1, -0.05) is 18.2 Å². The van der Waals surface area contributed by atoms with Crippen LogP contribution in [0.15, 0.2) is 42.5 Å². The lowest BCUT2D eigenvalue weighted by Gasteiger charge is -2.40. The zero-order valence-corrected chi connectivity index (χ0v) is 14.4. The monoisotopic (exact) mass is 352 g/mol. The van der Waals surface area contributed by atoms with E-state index in [4.69, 9.17) is 0 Å². The fourth-order valence-electron chi connectivity index (χ4n) is 4.52. The van der Waals surface area contributed by atoms with Crippen LogP contribution < -0.4 is 0 Å². The standard InChI is InChI=1S/C21H18F2N2O/c1-12(26)25-11-21(6-7-21)18-16-4-2-3-5-17(16)24-19(18)20(25)13-8-14(22)10-15(23)9-13/h2-5,8-10,20,24H,6-7,11H2,1H3. The molecule has 2 aliphatic rings. The zero-order chi connectivity index (χ0) is 18.1. The number of para-hydroxylation sites is 1. The lowest BCUT2D eigenvalue weighted by atomic mass is 9.83. The lowest BCUT2D eigenvalue weighted by molar-refractivity contribution is -0.131. The van der Waals surface area contributed by atoms with Gasteiger partial charge in [0.25, 0.3) is 0 Å². The van der Waals surface area contributed by atoms with Crippen LogP contribution >= 0.6 is 0 Å². The van der Waals surface area contributed by atoms with Crippen molar-refractivity contribution < 1.29 is 13.6 Å². The van der Waals surface area contributed by atoms with Crippen molar-refractivity contribution in [2.24, 2.45) is 0 Å². The molecule has 1 aromatic heterocycles. The normalized spacial score (nSPS) is 20.4. The van der Waals surface area contributed by atoms with Crippen LogP contribution in [0.4, 0.5) is 8.78 Å². The van der Waals surface area contributed by atoms with E-state index in [9.17, 15) is 13.6 Å². The number of fused-ring (bicyclic) bond motifs is 4. The van der Waals surface area contributed by atoms with E-state index >= 15 is 0 Å². The Morgan fingerprint density at radius 1 is 1.15 bits per heavy atom. The second-order valence-electron chi connectivity index (χ2n) is 7.49. The predicted octanol–water partition coefficient (Wildman–Crippen LogP) is 4.43. The summed E-state index contributed by atoms with van der Waals surface area (Å²) in [6.45, 7) is 2.10. The van der Waals surface area contributed by atoms with Crippen LogP contribution in [0, 0.1) is 11.6 Å². The number of halogens is 2. The van der Waals surface area contributed by atoms with Crippen molar-refractivity contribution in [1.29, 1.82) is 0 Å². The molecule has 2 aromatic carbocycles. The van der Waals surface area contributed by atoms with Gasteiger partial charge in [-0.25, -0.2) is 8.78 Å². The Morgan fingerprint density at radius 3 is 2.50 bits per heavy atom.